The number of hydrogen-bond donors (Lipinski definition) is 0. The van der Waals surface area contributed by atoms with Gasteiger partial charge in [-0.15, -0.1) is 0 Å². The summed E-state index contributed by atoms with van der Waals surface area (Å²) in [6.07, 6.45) is 5.22. The fraction of sp³-hybridized carbons (Fsp3) is 0.349. The van der Waals surface area contributed by atoms with Gasteiger partial charge in [-0.2, -0.15) is 0 Å². The lowest BCUT2D eigenvalue weighted by Crippen LogP contribution is -2.62. The predicted molar refractivity (Wildman–Crippen MR) is 206 cm³/mol. The van der Waals surface area contributed by atoms with Gasteiger partial charge in [0.05, 0.1) is 5.69 Å². The quantitative estimate of drug-likeness (QED) is 0.145. The zero-order valence-corrected chi connectivity index (χ0v) is 30.5. The highest BCUT2D eigenvalue weighted by molar-refractivity contribution is 7.00. The third-order valence-electron chi connectivity index (χ3n) is 10.2. The van der Waals surface area contributed by atoms with E-state index < -0.39 is 0 Å². The van der Waals surface area contributed by atoms with E-state index in [9.17, 15) is 0 Å². The van der Waals surface area contributed by atoms with Crippen LogP contribution in [-0.4, -0.2) is 19.9 Å². The number of anilines is 5. The van der Waals surface area contributed by atoms with Crippen molar-refractivity contribution in [2.45, 2.75) is 86.5 Å². The molecule has 0 fully saturated rings. The molecule has 0 N–H and O–H groups in total. The maximum absolute atomic E-state index is 6.28. The predicted octanol–water partition coefficient (Wildman–Crippen LogP) is 9.21. The summed E-state index contributed by atoms with van der Waals surface area (Å²) in [6.45, 7) is 28.1. The van der Waals surface area contributed by atoms with Crippen LogP contribution in [0.15, 0.2) is 79.0 Å². The zero-order chi connectivity index (χ0) is 34.3. The standard InChI is InChI=1S/C43H49BN2O2/c1-12-14-31(13-2)45-34-16-15-29(42(6,7)8)23-32(34)44-33-24-38-39(48-18-17-47-38)25-35(33)46(37-20-26(3)19-36(45)40(37)44)41-27(4)21-30(22-28(41)5)43(9,10)11/h13-16,19-25H,2,12,17-18H2,1,3-11H3/b31-14+. The third-order valence-corrected chi connectivity index (χ3v) is 10.2. The van der Waals surface area contributed by atoms with E-state index in [-0.39, 0.29) is 17.5 Å². The van der Waals surface area contributed by atoms with Crippen molar-refractivity contribution < 1.29 is 9.47 Å². The van der Waals surface area contributed by atoms with Crippen molar-refractivity contribution in [1.29, 1.82) is 0 Å². The van der Waals surface area contributed by atoms with E-state index in [2.05, 4.69) is 146 Å². The van der Waals surface area contributed by atoms with Gasteiger partial charge in [-0.3, -0.25) is 0 Å². The number of allylic oxidation sites excluding steroid dienone is 2. The summed E-state index contributed by atoms with van der Waals surface area (Å²) in [5.41, 5.74) is 17.4. The van der Waals surface area contributed by atoms with Gasteiger partial charge in [-0.05, 0) is 113 Å². The number of benzene rings is 4. The molecule has 0 amide bonds. The molecule has 0 aromatic heterocycles. The molecule has 4 aromatic rings. The van der Waals surface area contributed by atoms with Gasteiger partial charge >= 0.3 is 0 Å². The highest BCUT2D eigenvalue weighted by Crippen LogP contribution is 2.48. The molecule has 3 aliphatic heterocycles. The van der Waals surface area contributed by atoms with Gasteiger partial charge in [0.25, 0.3) is 6.71 Å². The number of ether oxygens (including phenoxy) is 2. The molecule has 7 rings (SSSR count). The van der Waals surface area contributed by atoms with E-state index in [0.29, 0.717) is 13.2 Å². The summed E-state index contributed by atoms with van der Waals surface area (Å²) < 4.78 is 12.5. The molecule has 0 saturated heterocycles. The average Bonchev–Trinajstić information content (AvgIpc) is 3.02. The second kappa shape index (κ2) is 11.4. The number of rotatable bonds is 4. The summed E-state index contributed by atoms with van der Waals surface area (Å²) in [6, 6.07) is 21.1. The van der Waals surface area contributed by atoms with Crippen LogP contribution in [0.5, 0.6) is 11.5 Å². The molecule has 4 aromatic carbocycles. The number of fused-ring (bicyclic) bond motifs is 5. The van der Waals surface area contributed by atoms with Crippen molar-refractivity contribution in [3.63, 3.8) is 0 Å². The van der Waals surface area contributed by atoms with Crippen molar-refractivity contribution >= 4 is 51.5 Å². The number of hydrogen-bond acceptors (Lipinski definition) is 4. The molecule has 3 aliphatic rings. The van der Waals surface area contributed by atoms with Crippen LogP contribution in [-0.2, 0) is 10.8 Å². The molecule has 0 atom stereocenters. The summed E-state index contributed by atoms with van der Waals surface area (Å²) >= 11 is 0. The minimum Gasteiger partial charge on any atom is -0.486 e. The molecule has 0 spiro atoms. The first kappa shape index (κ1) is 32.2. The Kier molecular flexibility index (Phi) is 7.62. The SMILES string of the molecule is C=C/C(=C\CC)N1c2ccc(C(C)(C)C)cc2B2c3cc4c(cc3N(c3c(C)cc(C(C)(C)C)cc3C)c3cc(C)cc1c32)OCCO4. The normalized spacial score (nSPS) is 15.2. The molecule has 0 bridgehead atoms. The Bertz CT molecular complexity index is 1990. The molecule has 3 heterocycles. The molecule has 5 heteroatoms. The van der Waals surface area contributed by atoms with Gasteiger partial charge in [0.2, 0.25) is 0 Å². The van der Waals surface area contributed by atoms with E-state index in [1.807, 2.05) is 6.08 Å². The number of aryl methyl sites for hydroxylation is 3. The Hall–Kier alpha value is -4.38. The smallest absolute Gasteiger partial charge is 0.252 e. The summed E-state index contributed by atoms with van der Waals surface area (Å²) in [5, 5.41) is 0. The van der Waals surface area contributed by atoms with E-state index in [1.54, 1.807) is 0 Å². The molecule has 48 heavy (non-hydrogen) atoms. The van der Waals surface area contributed by atoms with E-state index in [0.717, 1.165) is 29.3 Å². The molecule has 0 radical (unpaired) electrons. The van der Waals surface area contributed by atoms with Gasteiger partial charge in [0.1, 0.15) is 13.2 Å². The molecule has 0 saturated carbocycles. The summed E-state index contributed by atoms with van der Waals surface area (Å²) in [7, 11) is 0. The second-order valence-electron chi connectivity index (χ2n) is 15.8. The zero-order valence-electron chi connectivity index (χ0n) is 30.5. The Balaban J connectivity index is 1.62. The van der Waals surface area contributed by atoms with Crippen LogP contribution in [0.1, 0.15) is 82.7 Å². The van der Waals surface area contributed by atoms with Crippen molar-refractivity contribution in [1.82, 2.24) is 0 Å². The van der Waals surface area contributed by atoms with Crippen molar-refractivity contribution in [3.8, 4) is 11.5 Å². The molecule has 0 unspecified atom stereocenters. The first-order valence-corrected chi connectivity index (χ1v) is 17.5. The molecule has 4 nitrogen and oxygen atoms in total. The Morgan fingerprint density at radius 2 is 1.35 bits per heavy atom. The first-order valence-electron chi connectivity index (χ1n) is 17.5. The second-order valence-corrected chi connectivity index (χ2v) is 15.8. The lowest BCUT2D eigenvalue weighted by atomic mass is 9.33. The van der Waals surface area contributed by atoms with Gasteiger partial charge in [-0.25, -0.2) is 0 Å². The average molecular weight is 637 g/mol. The fourth-order valence-electron chi connectivity index (χ4n) is 7.87. The van der Waals surface area contributed by atoms with Crippen LogP contribution in [0, 0.1) is 20.8 Å². The molecular formula is C43H49BN2O2. The van der Waals surface area contributed by atoms with Gasteiger partial charge in [0.15, 0.2) is 11.5 Å². The fourth-order valence-corrected chi connectivity index (χ4v) is 7.87. The lowest BCUT2D eigenvalue weighted by Gasteiger charge is -2.46. The molecule has 246 valence electrons. The Morgan fingerprint density at radius 1 is 0.750 bits per heavy atom. The van der Waals surface area contributed by atoms with Crippen molar-refractivity contribution in [3.05, 3.63) is 107 Å². The Morgan fingerprint density at radius 3 is 1.96 bits per heavy atom. The molecular weight excluding hydrogens is 587 g/mol. The van der Waals surface area contributed by atoms with Gasteiger partial charge < -0.3 is 19.3 Å². The first-order chi connectivity index (χ1) is 22.7. The largest absolute Gasteiger partial charge is 0.486 e. The monoisotopic (exact) mass is 636 g/mol. The van der Waals surface area contributed by atoms with E-state index >= 15 is 0 Å². The van der Waals surface area contributed by atoms with E-state index in [1.165, 1.54) is 67.0 Å². The lowest BCUT2D eigenvalue weighted by molar-refractivity contribution is 0.172. The summed E-state index contributed by atoms with van der Waals surface area (Å²) in [5.74, 6) is 1.63. The Labute approximate surface area is 288 Å². The molecule has 0 aliphatic carbocycles. The third kappa shape index (κ3) is 5.05. The van der Waals surface area contributed by atoms with Gasteiger partial charge in [0, 0.05) is 34.5 Å². The van der Waals surface area contributed by atoms with Crippen molar-refractivity contribution in [2.24, 2.45) is 0 Å². The maximum Gasteiger partial charge on any atom is 0.252 e. The van der Waals surface area contributed by atoms with Crippen LogP contribution in [0.4, 0.5) is 28.4 Å². The van der Waals surface area contributed by atoms with Gasteiger partial charge in [-0.1, -0.05) is 85.4 Å². The van der Waals surface area contributed by atoms with Crippen LogP contribution < -0.4 is 35.7 Å². The summed E-state index contributed by atoms with van der Waals surface area (Å²) in [4.78, 5) is 4.96. The minimum atomic E-state index is -0.00384. The van der Waals surface area contributed by atoms with E-state index in [4.69, 9.17) is 9.47 Å². The highest BCUT2D eigenvalue weighted by atomic mass is 16.6. The highest BCUT2D eigenvalue weighted by Gasteiger charge is 2.45. The van der Waals surface area contributed by atoms with Crippen LogP contribution in [0.2, 0.25) is 0 Å². The van der Waals surface area contributed by atoms with Crippen LogP contribution in [0.3, 0.4) is 0 Å². The maximum atomic E-state index is 6.28. The van der Waals surface area contributed by atoms with Crippen LogP contribution in [0.25, 0.3) is 0 Å². The number of nitrogens with zero attached hydrogens (tertiary/aromatic N) is 2. The van der Waals surface area contributed by atoms with Crippen LogP contribution >= 0.6 is 0 Å². The topological polar surface area (TPSA) is 24.9 Å². The van der Waals surface area contributed by atoms with Crippen molar-refractivity contribution in [2.75, 3.05) is 23.0 Å². The minimum absolute atomic E-state index is 0.00384.